The van der Waals surface area contributed by atoms with Crippen LogP contribution in [-0.4, -0.2) is 43.3 Å². The Morgan fingerprint density at radius 3 is 2.64 bits per heavy atom. The highest BCUT2D eigenvalue weighted by atomic mass is 16.7. The minimum Gasteiger partial charge on any atom is -0.463 e. The average molecular weight is 204 g/mol. The monoisotopic (exact) mass is 204 g/mol. The van der Waals surface area contributed by atoms with Gasteiger partial charge in [0.15, 0.2) is 6.29 Å². The summed E-state index contributed by atoms with van der Waals surface area (Å²) in [6.45, 7) is 3.33. The van der Waals surface area contributed by atoms with Crippen LogP contribution in [0.5, 0.6) is 0 Å². The number of carbonyl (C=O) groups is 1. The molecule has 5 heteroatoms. The van der Waals surface area contributed by atoms with E-state index in [4.69, 9.17) is 14.2 Å². The van der Waals surface area contributed by atoms with Crippen molar-refractivity contribution >= 4 is 5.97 Å². The highest BCUT2D eigenvalue weighted by Gasteiger charge is 2.41. The zero-order valence-electron chi connectivity index (χ0n) is 8.60. The lowest BCUT2D eigenvalue weighted by atomic mass is 10.0. The quantitative estimate of drug-likeness (QED) is 0.651. The molecule has 0 aromatic rings. The Bertz CT molecular complexity index is 205. The zero-order valence-corrected chi connectivity index (χ0v) is 8.60. The molecular weight excluding hydrogens is 188 g/mol. The van der Waals surface area contributed by atoms with Crippen molar-refractivity contribution in [2.24, 2.45) is 5.92 Å². The first-order chi connectivity index (χ1) is 6.56. The summed E-state index contributed by atoms with van der Waals surface area (Å²) < 4.78 is 15.1. The van der Waals surface area contributed by atoms with Crippen molar-refractivity contribution in [3.05, 3.63) is 0 Å². The number of hydrogen-bond acceptors (Lipinski definition) is 5. The third kappa shape index (κ3) is 2.43. The molecule has 1 heterocycles. The first kappa shape index (κ1) is 11.4. The molecule has 0 unspecified atom stereocenters. The van der Waals surface area contributed by atoms with Crippen LogP contribution in [0.4, 0.5) is 0 Å². The van der Waals surface area contributed by atoms with Crippen LogP contribution in [0.15, 0.2) is 0 Å². The zero-order chi connectivity index (χ0) is 10.7. The molecule has 0 bridgehead atoms. The van der Waals surface area contributed by atoms with E-state index in [-0.39, 0.29) is 24.6 Å². The maximum Gasteiger partial charge on any atom is 0.302 e. The largest absolute Gasteiger partial charge is 0.463 e. The molecule has 5 nitrogen and oxygen atoms in total. The molecule has 82 valence electrons. The van der Waals surface area contributed by atoms with Gasteiger partial charge in [-0.05, 0) is 0 Å². The summed E-state index contributed by atoms with van der Waals surface area (Å²) in [4.78, 5) is 10.6. The van der Waals surface area contributed by atoms with Crippen molar-refractivity contribution in [1.29, 1.82) is 0 Å². The minimum absolute atomic E-state index is 0.0979. The van der Waals surface area contributed by atoms with Crippen molar-refractivity contribution in [3.8, 4) is 0 Å². The van der Waals surface area contributed by atoms with Gasteiger partial charge in [-0.2, -0.15) is 0 Å². The lowest BCUT2D eigenvalue weighted by molar-refractivity contribution is -0.163. The Hall–Kier alpha value is -0.650. The molecule has 1 N–H and O–H groups in total. The van der Waals surface area contributed by atoms with E-state index in [9.17, 15) is 9.90 Å². The predicted molar refractivity (Wildman–Crippen MR) is 47.5 cm³/mol. The lowest BCUT2D eigenvalue weighted by Gasteiger charge is -2.14. The summed E-state index contributed by atoms with van der Waals surface area (Å²) in [5.74, 6) is -0.449. The molecule has 1 aliphatic heterocycles. The Morgan fingerprint density at radius 1 is 1.57 bits per heavy atom. The van der Waals surface area contributed by atoms with Crippen LogP contribution in [0.1, 0.15) is 13.8 Å². The molecule has 14 heavy (non-hydrogen) atoms. The Labute approximate surface area is 82.9 Å². The van der Waals surface area contributed by atoms with Gasteiger partial charge < -0.3 is 19.3 Å². The fourth-order valence-electron chi connectivity index (χ4n) is 1.43. The first-order valence-corrected chi connectivity index (χ1v) is 4.56. The summed E-state index contributed by atoms with van der Waals surface area (Å²) in [5.41, 5.74) is 0. The smallest absolute Gasteiger partial charge is 0.302 e. The molecule has 0 aliphatic carbocycles. The molecular formula is C9H16O5. The van der Waals surface area contributed by atoms with Crippen LogP contribution in [0.2, 0.25) is 0 Å². The summed E-state index contributed by atoms with van der Waals surface area (Å²) in [5, 5.41) is 9.60. The topological polar surface area (TPSA) is 65.0 Å². The van der Waals surface area contributed by atoms with Gasteiger partial charge in [-0.15, -0.1) is 0 Å². The molecule has 0 saturated carbocycles. The number of aliphatic hydroxyl groups is 1. The molecule has 1 aliphatic rings. The standard InChI is InChI=1S/C9H16O5/c1-5-7(4-13-6(2)10)14-9(12-3)8(5)11/h5,7-9,11H,4H2,1-3H3/t5-,7-,8-,9-/m1/s1. The molecule has 0 aromatic carbocycles. The van der Waals surface area contributed by atoms with E-state index in [0.717, 1.165) is 0 Å². The van der Waals surface area contributed by atoms with E-state index in [0.29, 0.717) is 0 Å². The average Bonchev–Trinajstić information content (AvgIpc) is 2.41. The number of rotatable bonds is 3. The van der Waals surface area contributed by atoms with Crippen LogP contribution < -0.4 is 0 Å². The molecule has 0 aromatic heterocycles. The molecule has 1 rings (SSSR count). The van der Waals surface area contributed by atoms with Gasteiger partial charge >= 0.3 is 5.97 Å². The third-order valence-corrected chi connectivity index (χ3v) is 2.40. The van der Waals surface area contributed by atoms with Crippen molar-refractivity contribution < 1.29 is 24.1 Å². The van der Waals surface area contributed by atoms with Crippen LogP contribution in [0.25, 0.3) is 0 Å². The second kappa shape index (κ2) is 4.72. The van der Waals surface area contributed by atoms with Gasteiger partial charge in [-0.3, -0.25) is 4.79 Å². The van der Waals surface area contributed by atoms with Crippen LogP contribution in [0, 0.1) is 5.92 Å². The molecule has 0 amide bonds. The molecule has 0 radical (unpaired) electrons. The van der Waals surface area contributed by atoms with E-state index in [1.807, 2.05) is 6.92 Å². The highest BCUT2D eigenvalue weighted by molar-refractivity contribution is 5.65. The van der Waals surface area contributed by atoms with Crippen LogP contribution in [0.3, 0.4) is 0 Å². The van der Waals surface area contributed by atoms with Gasteiger partial charge in [0.25, 0.3) is 0 Å². The lowest BCUT2D eigenvalue weighted by Crippen LogP contribution is -2.27. The number of esters is 1. The van der Waals surface area contributed by atoms with Gasteiger partial charge in [-0.1, -0.05) is 6.92 Å². The SMILES string of the molecule is CO[C@@H]1O[C@H](COC(C)=O)[C@@H](C)[C@H]1O. The number of carbonyl (C=O) groups excluding carboxylic acids is 1. The molecule has 1 fully saturated rings. The second-order valence-electron chi connectivity index (χ2n) is 3.43. The van der Waals surface area contributed by atoms with Gasteiger partial charge in [-0.25, -0.2) is 0 Å². The van der Waals surface area contributed by atoms with Crippen molar-refractivity contribution in [1.82, 2.24) is 0 Å². The normalized spacial score (nSPS) is 37.1. The number of aliphatic hydroxyl groups excluding tert-OH is 1. The van der Waals surface area contributed by atoms with Crippen molar-refractivity contribution in [2.75, 3.05) is 13.7 Å². The maximum absolute atomic E-state index is 10.6. The molecule has 0 spiro atoms. The Balaban J connectivity index is 2.44. The Morgan fingerprint density at radius 2 is 2.21 bits per heavy atom. The maximum atomic E-state index is 10.6. The van der Waals surface area contributed by atoms with E-state index in [2.05, 4.69) is 0 Å². The van der Waals surface area contributed by atoms with Gasteiger partial charge in [0.2, 0.25) is 0 Å². The van der Waals surface area contributed by atoms with E-state index >= 15 is 0 Å². The van der Waals surface area contributed by atoms with E-state index in [1.165, 1.54) is 14.0 Å². The van der Waals surface area contributed by atoms with E-state index < -0.39 is 12.4 Å². The minimum atomic E-state index is -0.666. The Kier molecular flexibility index (Phi) is 3.86. The summed E-state index contributed by atoms with van der Waals surface area (Å²) in [6, 6.07) is 0. The van der Waals surface area contributed by atoms with Crippen molar-refractivity contribution in [3.63, 3.8) is 0 Å². The van der Waals surface area contributed by atoms with Gasteiger partial charge in [0, 0.05) is 20.0 Å². The fourth-order valence-corrected chi connectivity index (χ4v) is 1.43. The number of methoxy groups -OCH3 is 1. The number of hydrogen-bond donors (Lipinski definition) is 1. The van der Waals surface area contributed by atoms with E-state index in [1.54, 1.807) is 0 Å². The third-order valence-electron chi connectivity index (χ3n) is 2.40. The van der Waals surface area contributed by atoms with Crippen molar-refractivity contribution in [2.45, 2.75) is 32.3 Å². The van der Waals surface area contributed by atoms with Gasteiger partial charge in [0.1, 0.15) is 18.8 Å². The summed E-state index contributed by atoms with van der Waals surface area (Å²) in [7, 11) is 1.47. The highest BCUT2D eigenvalue weighted by Crippen LogP contribution is 2.27. The molecule has 4 atom stereocenters. The van der Waals surface area contributed by atoms with Gasteiger partial charge in [0.05, 0.1) is 0 Å². The predicted octanol–water partition coefficient (Wildman–Crippen LogP) is -0.0822. The molecule has 1 saturated heterocycles. The van der Waals surface area contributed by atoms with Crippen LogP contribution in [-0.2, 0) is 19.0 Å². The second-order valence-corrected chi connectivity index (χ2v) is 3.43. The number of ether oxygens (including phenoxy) is 3. The summed E-state index contributed by atoms with van der Waals surface area (Å²) in [6.07, 6.45) is -1.58. The summed E-state index contributed by atoms with van der Waals surface area (Å²) >= 11 is 0. The fraction of sp³-hybridized carbons (Fsp3) is 0.889. The first-order valence-electron chi connectivity index (χ1n) is 4.56. The van der Waals surface area contributed by atoms with Crippen LogP contribution >= 0.6 is 0 Å².